The second kappa shape index (κ2) is 8.24. The van der Waals surface area contributed by atoms with Crippen molar-refractivity contribution in [2.75, 3.05) is 12.0 Å². The zero-order chi connectivity index (χ0) is 22.1. The summed E-state index contributed by atoms with van der Waals surface area (Å²) in [5.41, 5.74) is 1.17. The normalized spacial score (nSPS) is 17.8. The summed E-state index contributed by atoms with van der Waals surface area (Å²) in [7, 11) is 1.51. The molecule has 1 aliphatic heterocycles. The Hall–Kier alpha value is -3.64. The number of ether oxygens (including phenoxy) is 1. The van der Waals surface area contributed by atoms with Crippen molar-refractivity contribution in [3.05, 3.63) is 100 Å². The van der Waals surface area contributed by atoms with E-state index in [-0.39, 0.29) is 11.3 Å². The van der Waals surface area contributed by atoms with Crippen LogP contribution in [0.2, 0.25) is 5.02 Å². The Morgan fingerprint density at radius 3 is 2.16 bits per heavy atom. The van der Waals surface area contributed by atoms with Gasteiger partial charge >= 0.3 is 0 Å². The molecule has 1 N–H and O–H groups in total. The summed E-state index contributed by atoms with van der Waals surface area (Å²) in [4.78, 5) is 27.3. The van der Waals surface area contributed by atoms with E-state index in [4.69, 9.17) is 16.3 Å². The topological polar surface area (TPSA) is 66.8 Å². The van der Waals surface area contributed by atoms with Gasteiger partial charge in [-0.05, 0) is 66.2 Å². The maximum absolute atomic E-state index is 13.5. The number of methoxy groups -OCH3 is 1. The smallest absolute Gasteiger partial charge is 0.300 e. The van der Waals surface area contributed by atoms with Gasteiger partial charge in [0.1, 0.15) is 17.3 Å². The molecule has 156 valence electrons. The van der Waals surface area contributed by atoms with Gasteiger partial charge in [-0.3, -0.25) is 14.5 Å². The molecular formula is C24H17ClFNO4. The Labute approximate surface area is 182 Å². The Balaban J connectivity index is 1.91. The first-order valence-corrected chi connectivity index (χ1v) is 9.75. The van der Waals surface area contributed by atoms with Crippen molar-refractivity contribution in [3.63, 3.8) is 0 Å². The summed E-state index contributed by atoms with van der Waals surface area (Å²) in [6.07, 6.45) is 0. The molecule has 1 fully saturated rings. The van der Waals surface area contributed by atoms with Crippen molar-refractivity contribution >= 4 is 34.7 Å². The monoisotopic (exact) mass is 437 g/mol. The van der Waals surface area contributed by atoms with E-state index >= 15 is 0 Å². The lowest BCUT2D eigenvalue weighted by Gasteiger charge is -2.25. The van der Waals surface area contributed by atoms with Gasteiger partial charge in [-0.15, -0.1) is 0 Å². The van der Waals surface area contributed by atoms with Gasteiger partial charge in [0.15, 0.2) is 0 Å². The summed E-state index contributed by atoms with van der Waals surface area (Å²) in [5, 5.41) is 11.5. The predicted octanol–water partition coefficient (Wildman–Crippen LogP) is 5.11. The summed E-state index contributed by atoms with van der Waals surface area (Å²) in [6.45, 7) is 0. The first-order chi connectivity index (χ1) is 14.9. The fraction of sp³-hybridized carbons (Fsp3) is 0.0833. The van der Waals surface area contributed by atoms with E-state index in [2.05, 4.69) is 0 Å². The van der Waals surface area contributed by atoms with Crippen LogP contribution < -0.4 is 9.64 Å². The van der Waals surface area contributed by atoms with E-state index < -0.39 is 23.5 Å². The lowest BCUT2D eigenvalue weighted by Crippen LogP contribution is -2.29. The highest BCUT2D eigenvalue weighted by Gasteiger charge is 2.46. The maximum atomic E-state index is 13.5. The van der Waals surface area contributed by atoms with Crippen LogP contribution in [0.5, 0.6) is 5.75 Å². The van der Waals surface area contributed by atoms with Crippen LogP contribution in [0, 0.1) is 5.82 Å². The van der Waals surface area contributed by atoms with Crippen LogP contribution in [-0.4, -0.2) is 23.9 Å². The zero-order valence-corrected chi connectivity index (χ0v) is 17.1. The summed E-state index contributed by atoms with van der Waals surface area (Å²) < 4.78 is 18.7. The SMILES string of the molecule is COc1ccc(/C(O)=C2\C(=O)C(=O)N(c3ccc(Cl)cc3)C2c2ccc(F)cc2)cc1. The number of hydrogen-bond donors (Lipinski definition) is 1. The Bertz CT molecular complexity index is 1170. The van der Waals surface area contributed by atoms with Crippen molar-refractivity contribution in [2.24, 2.45) is 0 Å². The van der Waals surface area contributed by atoms with E-state index in [1.165, 1.54) is 36.3 Å². The predicted molar refractivity (Wildman–Crippen MR) is 116 cm³/mol. The number of hydrogen-bond acceptors (Lipinski definition) is 4. The van der Waals surface area contributed by atoms with Crippen LogP contribution in [0.4, 0.5) is 10.1 Å². The molecule has 1 aliphatic rings. The van der Waals surface area contributed by atoms with Gasteiger partial charge in [0.25, 0.3) is 11.7 Å². The zero-order valence-electron chi connectivity index (χ0n) is 16.4. The third-order valence-electron chi connectivity index (χ3n) is 5.10. The highest BCUT2D eigenvalue weighted by atomic mass is 35.5. The summed E-state index contributed by atoms with van der Waals surface area (Å²) in [6, 6.07) is 17.4. The van der Waals surface area contributed by atoms with Crippen molar-refractivity contribution in [1.82, 2.24) is 0 Å². The second-order valence-corrected chi connectivity index (χ2v) is 7.36. The Morgan fingerprint density at radius 2 is 1.58 bits per heavy atom. The Kier molecular flexibility index (Phi) is 5.48. The van der Waals surface area contributed by atoms with Gasteiger partial charge in [-0.2, -0.15) is 0 Å². The number of amides is 1. The molecule has 0 bridgehead atoms. The Morgan fingerprint density at radius 1 is 0.968 bits per heavy atom. The van der Waals surface area contributed by atoms with Crippen LogP contribution in [0.15, 0.2) is 78.4 Å². The van der Waals surface area contributed by atoms with Crippen LogP contribution in [0.1, 0.15) is 17.2 Å². The lowest BCUT2D eigenvalue weighted by molar-refractivity contribution is -0.132. The molecule has 1 atom stereocenters. The van der Waals surface area contributed by atoms with Crippen LogP contribution in [-0.2, 0) is 9.59 Å². The minimum Gasteiger partial charge on any atom is -0.507 e. The number of Topliss-reactive ketones (excluding diaryl/α,β-unsaturated/α-hetero) is 1. The molecule has 0 aromatic heterocycles. The minimum absolute atomic E-state index is 0.0864. The van der Waals surface area contributed by atoms with Gasteiger partial charge in [-0.1, -0.05) is 23.7 Å². The number of anilines is 1. The van der Waals surface area contributed by atoms with E-state index in [1.54, 1.807) is 48.5 Å². The molecule has 3 aromatic rings. The quantitative estimate of drug-likeness (QED) is 0.350. The van der Waals surface area contributed by atoms with Crippen LogP contribution >= 0.6 is 11.6 Å². The van der Waals surface area contributed by atoms with E-state index in [0.717, 1.165) is 0 Å². The average Bonchev–Trinajstić information content (AvgIpc) is 3.05. The molecule has 0 saturated carbocycles. The van der Waals surface area contributed by atoms with Crippen LogP contribution in [0.25, 0.3) is 5.76 Å². The van der Waals surface area contributed by atoms with Gasteiger partial charge in [0.05, 0.1) is 18.7 Å². The molecule has 0 radical (unpaired) electrons. The molecular weight excluding hydrogens is 421 g/mol. The van der Waals surface area contributed by atoms with E-state index in [9.17, 15) is 19.1 Å². The first-order valence-electron chi connectivity index (χ1n) is 9.37. The van der Waals surface area contributed by atoms with Crippen LogP contribution in [0.3, 0.4) is 0 Å². The molecule has 1 amide bonds. The highest BCUT2D eigenvalue weighted by molar-refractivity contribution is 6.51. The molecule has 0 spiro atoms. The maximum Gasteiger partial charge on any atom is 0.300 e. The number of rotatable bonds is 4. The van der Waals surface area contributed by atoms with Gasteiger partial charge in [-0.25, -0.2) is 4.39 Å². The fourth-order valence-electron chi connectivity index (χ4n) is 3.57. The van der Waals surface area contributed by atoms with E-state index in [1.807, 2.05) is 0 Å². The molecule has 5 nitrogen and oxygen atoms in total. The molecule has 0 aliphatic carbocycles. The number of aliphatic hydroxyl groups is 1. The van der Waals surface area contributed by atoms with Crippen molar-refractivity contribution in [1.29, 1.82) is 0 Å². The number of aliphatic hydroxyl groups excluding tert-OH is 1. The lowest BCUT2D eigenvalue weighted by atomic mass is 9.95. The van der Waals surface area contributed by atoms with Crippen molar-refractivity contribution in [3.8, 4) is 5.75 Å². The van der Waals surface area contributed by atoms with Gasteiger partial charge in [0, 0.05) is 16.3 Å². The number of nitrogens with zero attached hydrogens (tertiary/aromatic N) is 1. The second-order valence-electron chi connectivity index (χ2n) is 6.93. The molecule has 1 heterocycles. The summed E-state index contributed by atoms with van der Waals surface area (Å²) >= 11 is 5.97. The third-order valence-corrected chi connectivity index (χ3v) is 5.35. The summed E-state index contributed by atoms with van der Waals surface area (Å²) in [5.74, 6) is -1.84. The molecule has 1 unspecified atom stereocenters. The fourth-order valence-corrected chi connectivity index (χ4v) is 3.69. The standard InChI is InChI=1S/C24H17ClFNO4/c1-31-19-12-4-15(5-13-19)22(28)20-21(14-2-8-17(26)9-3-14)27(24(30)23(20)29)18-10-6-16(25)7-11-18/h2-13,21,28H,1H3/b22-20+. The molecule has 4 rings (SSSR count). The van der Waals surface area contributed by atoms with Crippen molar-refractivity contribution in [2.45, 2.75) is 6.04 Å². The van der Waals surface area contributed by atoms with Gasteiger partial charge in [0.2, 0.25) is 0 Å². The number of ketones is 1. The minimum atomic E-state index is -0.941. The van der Waals surface area contributed by atoms with Gasteiger partial charge < -0.3 is 9.84 Å². The number of carbonyl (C=O) groups excluding carboxylic acids is 2. The highest BCUT2D eigenvalue weighted by Crippen LogP contribution is 2.42. The largest absolute Gasteiger partial charge is 0.507 e. The molecule has 1 saturated heterocycles. The number of carbonyl (C=O) groups is 2. The molecule has 7 heteroatoms. The number of halogens is 2. The molecule has 31 heavy (non-hydrogen) atoms. The van der Waals surface area contributed by atoms with Crippen molar-refractivity contribution < 1.29 is 23.8 Å². The van der Waals surface area contributed by atoms with E-state index in [0.29, 0.717) is 27.6 Å². The first kappa shape index (κ1) is 20.6. The average molecular weight is 438 g/mol. The number of benzene rings is 3. The third kappa shape index (κ3) is 3.78. The molecule has 3 aromatic carbocycles.